The Balaban J connectivity index is 1.32. The smallest absolute Gasteiger partial charge is 0.224 e. The molecule has 0 atom stereocenters. The molecule has 0 N–H and O–H groups in total. The van der Waals surface area contributed by atoms with Gasteiger partial charge in [0.05, 0.1) is 23.7 Å². The van der Waals surface area contributed by atoms with Gasteiger partial charge in [0, 0.05) is 51.4 Å². The third kappa shape index (κ3) is 3.44. The van der Waals surface area contributed by atoms with Gasteiger partial charge in [-0.25, -0.2) is 9.97 Å². The number of methoxy groups -OCH3 is 1. The minimum Gasteiger partial charge on any atom is -0.480 e. The van der Waals surface area contributed by atoms with Gasteiger partial charge in [-0.1, -0.05) is 0 Å². The van der Waals surface area contributed by atoms with Crippen LogP contribution in [-0.4, -0.2) is 71.9 Å². The zero-order valence-corrected chi connectivity index (χ0v) is 16.9. The molecule has 0 bridgehead atoms. The van der Waals surface area contributed by atoms with E-state index >= 15 is 0 Å². The second-order valence-corrected chi connectivity index (χ2v) is 7.72. The van der Waals surface area contributed by atoms with E-state index in [1.165, 1.54) is 17.6 Å². The second-order valence-electron chi connectivity index (χ2n) is 7.72. The van der Waals surface area contributed by atoms with E-state index in [1.807, 2.05) is 6.07 Å². The van der Waals surface area contributed by atoms with E-state index in [1.54, 1.807) is 7.11 Å². The van der Waals surface area contributed by atoms with Crippen molar-refractivity contribution in [1.29, 1.82) is 0 Å². The van der Waals surface area contributed by atoms with Crippen LogP contribution in [0.2, 0.25) is 0 Å². The summed E-state index contributed by atoms with van der Waals surface area (Å²) in [5, 5.41) is 9.95. The van der Waals surface area contributed by atoms with Gasteiger partial charge in [0.1, 0.15) is 6.33 Å². The van der Waals surface area contributed by atoms with Crippen molar-refractivity contribution in [3.63, 3.8) is 0 Å². The average molecular weight is 391 g/mol. The third-order valence-electron chi connectivity index (χ3n) is 5.86. The standard InChI is InChI=1S/C21H25N7O/c1-26-6-5-18-15(13-26)11-20(25-24-18)28-9-7-27(8-10-28)16-3-4-19-17(12-16)21(29-2)23-14-22-19/h3-4,11-12,14H,5-10,13H2,1-2H3. The van der Waals surface area contributed by atoms with Crippen molar-refractivity contribution in [1.82, 2.24) is 25.1 Å². The number of ether oxygens (including phenoxy) is 1. The molecule has 8 nitrogen and oxygen atoms in total. The Kier molecular flexibility index (Phi) is 4.63. The lowest BCUT2D eigenvalue weighted by molar-refractivity contribution is 0.308. The highest BCUT2D eigenvalue weighted by molar-refractivity contribution is 5.86. The second kappa shape index (κ2) is 7.44. The fraction of sp³-hybridized carbons (Fsp3) is 0.429. The van der Waals surface area contributed by atoms with Crippen molar-refractivity contribution < 1.29 is 4.74 Å². The third-order valence-corrected chi connectivity index (χ3v) is 5.86. The van der Waals surface area contributed by atoms with Gasteiger partial charge >= 0.3 is 0 Å². The van der Waals surface area contributed by atoms with Crippen LogP contribution in [0.4, 0.5) is 11.5 Å². The van der Waals surface area contributed by atoms with Crippen LogP contribution in [0.5, 0.6) is 5.88 Å². The summed E-state index contributed by atoms with van der Waals surface area (Å²) in [5.74, 6) is 1.61. The van der Waals surface area contributed by atoms with Gasteiger partial charge in [-0.05, 0) is 36.9 Å². The number of rotatable bonds is 3. The molecular formula is C21H25N7O. The summed E-state index contributed by atoms with van der Waals surface area (Å²) < 4.78 is 5.40. The molecule has 2 aromatic heterocycles. The summed E-state index contributed by atoms with van der Waals surface area (Å²) in [6.45, 7) is 5.72. The number of likely N-dealkylation sites (N-methyl/N-ethyl adjacent to an activating group) is 1. The normalized spacial score (nSPS) is 17.4. The summed E-state index contributed by atoms with van der Waals surface area (Å²) in [7, 11) is 3.80. The maximum Gasteiger partial charge on any atom is 0.224 e. The molecule has 8 heteroatoms. The quantitative estimate of drug-likeness (QED) is 0.669. The fourth-order valence-corrected chi connectivity index (χ4v) is 4.19. The van der Waals surface area contributed by atoms with Gasteiger partial charge < -0.3 is 19.4 Å². The van der Waals surface area contributed by atoms with Gasteiger partial charge in [-0.15, -0.1) is 5.10 Å². The Morgan fingerprint density at radius 1 is 0.931 bits per heavy atom. The van der Waals surface area contributed by atoms with Crippen molar-refractivity contribution in [2.24, 2.45) is 0 Å². The Bertz CT molecular complexity index is 1030. The molecule has 1 saturated heterocycles. The molecule has 1 aromatic carbocycles. The minimum atomic E-state index is 0.616. The summed E-state index contributed by atoms with van der Waals surface area (Å²) in [6.07, 6.45) is 2.53. The van der Waals surface area contributed by atoms with E-state index in [0.29, 0.717) is 5.88 Å². The maximum absolute atomic E-state index is 5.40. The molecule has 0 unspecified atom stereocenters. The predicted octanol–water partition coefficient (Wildman–Crippen LogP) is 1.74. The summed E-state index contributed by atoms with van der Waals surface area (Å²) in [4.78, 5) is 15.6. The van der Waals surface area contributed by atoms with Gasteiger partial charge in [0.2, 0.25) is 5.88 Å². The maximum atomic E-state index is 5.40. The van der Waals surface area contributed by atoms with Gasteiger partial charge in [-0.3, -0.25) is 0 Å². The Labute approximate surface area is 170 Å². The van der Waals surface area contributed by atoms with Crippen LogP contribution in [0, 0.1) is 0 Å². The molecule has 5 rings (SSSR count). The first kappa shape index (κ1) is 18.1. The van der Waals surface area contributed by atoms with Gasteiger partial charge in [0.15, 0.2) is 5.82 Å². The molecule has 0 radical (unpaired) electrons. The van der Waals surface area contributed by atoms with Crippen LogP contribution in [0.15, 0.2) is 30.6 Å². The summed E-state index contributed by atoms with van der Waals surface area (Å²) in [5.41, 5.74) is 4.53. The number of hydrogen-bond acceptors (Lipinski definition) is 8. The molecule has 150 valence electrons. The zero-order chi connectivity index (χ0) is 19.8. The fourth-order valence-electron chi connectivity index (χ4n) is 4.19. The van der Waals surface area contributed by atoms with E-state index < -0.39 is 0 Å². The van der Waals surface area contributed by atoms with Crippen LogP contribution in [-0.2, 0) is 13.0 Å². The number of nitrogens with zero attached hydrogens (tertiary/aromatic N) is 7. The van der Waals surface area contributed by atoms with Crippen molar-refractivity contribution in [3.05, 3.63) is 41.9 Å². The Morgan fingerprint density at radius 3 is 2.59 bits per heavy atom. The molecule has 0 spiro atoms. The number of benzene rings is 1. The molecule has 0 saturated carbocycles. The van der Waals surface area contributed by atoms with Crippen LogP contribution in [0.25, 0.3) is 10.9 Å². The summed E-state index contributed by atoms with van der Waals surface area (Å²) in [6, 6.07) is 8.51. The topological polar surface area (TPSA) is 70.5 Å². The highest BCUT2D eigenvalue weighted by Crippen LogP contribution is 2.28. The van der Waals surface area contributed by atoms with Gasteiger partial charge in [0.25, 0.3) is 0 Å². The SMILES string of the molecule is COc1ncnc2ccc(N3CCN(c4cc5c(nn4)CCN(C)C5)CC3)cc12. The van der Waals surface area contributed by atoms with Gasteiger partial charge in [-0.2, -0.15) is 5.10 Å². The first-order chi connectivity index (χ1) is 14.2. The molecule has 0 amide bonds. The number of piperazine rings is 1. The van der Waals surface area contributed by atoms with Crippen LogP contribution < -0.4 is 14.5 Å². The molecule has 0 aliphatic carbocycles. The Hall–Kier alpha value is -3.00. The van der Waals surface area contributed by atoms with E-state index in [2.05, 4.69) is 60.1 Å². The number of hydrogen-bond donors (Lipinski definition) is 0. The number of aromatic nitrogens is 4. The monoisotopic (exact) mass is 391 g/mol. The molecular weight excluding hydrogens is 366 g/mol. The zero-order valence-electron chi connectivity index (χ0n) is 16.9. The number of fused-ring (bicyclic) bond motifs is 2. The largest absolute Gasteiger partial charge is 0.480 e. The van der Waals surface area contributed by atoms with Crippen molar-refractivity contribution in [2.75, 3.05) is 56.7 Å². The molecule has 4 heterocycles. The molecule has 1 fully saturated rings. The first-order valence-electron chi connectivity index (χ1n) is 10.0. The van der Waals surface area contributed by atoms with E-state index in [4.69, 9.17) is 4.74 Å². The Morgan fingerprint density at radius 2 is 1.76 bits per heavy atom. The molecule has 2 aliphatic rings. The highest BCUT2D eigenvalue weighted by Gasteiger charge is 2.22. The number of anilines is 2. The minimum absolute atomic E-state index is 0.616. The summed E-state index contributed by atoms with van der Waals surface area (Å²) >= 11 is 0. The van der Waals surface area contributed by atoms with E-state index in [0.717, 1.165) is 68.1 Å². The lowest BCUT2D eigenvalue weighted by Crippen LogP contribution is -2.47. The van der Waals surface area contributed by atoms with Crippen molar-refractivity contribution in [3.8, 4) is 5.88 Å². The lowest BCUT2D eigenvalue weighted by atomic mass is 10.1. The van der Waals surface area contributed by atoms with Crippen molar-refractivity contribution >= 4 is 22.4 Å². The first-order valence-corrected chi connectivity index (χ1v) is 10.0. The van der Waals surface area contributed by atoms with Crippen LogP contribution in [0.1, 0.15) is 11.3 Å². The van der Waals surface area contributed by atoms with Crippen LogP contribution in [0.3, 0.4) is 0 Å². The highest BCUT2D eigenvalue weighted by atomic mass is 16.5. The molecule has 2 aliphatic heterocycles. The molecule has 29 heavy (non-hydrogen) atoms. The lowest BCUT2D eigenvalue weighted by Gasteiger charge is -2.37. The van der Waals surface area contributed by atoms with Crippen molar-refractivity contribution in [2.45, 2.75) is 13.0 Å². The molecule has 3 aromatic rings. The average Bonchev–Trinajstić information content (AvgIpc) is 2.78. The van der Waals surface area contributed by atoms with Crippen LogP contribution >= 0.6 is 0 Å². The predicted molar refractivity (Wildman–Crippen MR) is 113 cm³/mol. The van der Waals surface area contributed by atoms with E-state index in [9.17, 15) is 0 Å². The van der Waals surface area contributed by atoms with E-state index in [-0.39, 0.29) is 0 Å².